The van der Waals surface area contributed by atoms with Crippen LogP contribution in [0.15, 0.2) is 37.1 Å². The second kappa shape index (κ2) is 5.68. The summed E-state index contributed by atoms with van der Waals surface area (Å²) in [6, 6.07) is 3.70. The average Bonchev–Trinajstić information content (AvgIpc) is 2.82. The molecule has 2 rings (SSSR count). The predicted octanol–water partition coefficient (Wildman–Crippen LogP) is 2.46. The Morgan fingerprint density at radius 1 is 1.41 bits per heavy atom. The zero-order valence-corrected chi connectivity index (χ0v) is 10.5. The van der Waals surface area contributed by atoms with Gasteiger partial charge in [0.15, 0.2) is 0 Å². The van der Waals surface area contributed by atoms with Crippen LogP contribution in [0.1, 0.15) is 6.42 Å². The van der Waals surface area contributed by atoms with E-state index in [-0.39, 0.29) is 0 Å². The molecule has 17 heavy (non-hydrogen) atoms. The molecule has 2 heterocycles. The lowest BCUT2D eigenvalue weighted by molar-refractivity contribution is 0.636. The lowest BCUT2D eigenvalue weighted by atomic mass is 10.3. The molecule has 0 fully saturated rings. The Labute approximate surface area is 106 Å². The summed E-state index contributed by atoms with van der Waals surface area (Å²) in [7, 11) is 2.00. The molecule has 0 radical (unpaired) electrons. The molecular weight excluding hydrogens is 236 g/mol. The standard InChI is InChI=1S/C12H15ClN4/c1-16(12-11(13)4-2-5-15-12)7-3-8-17-9-6-14-10-17/h2,4-6,9-10H,3,7-8H2,1H3. The van der Waals surface area contributed by atoms with Gasteiger partial charge >= 0.3 is 0 Å². The van der Waals surface area contributed by atoms with Crippen LogP contribution in [0, 0.1) is 0 Å². The molecule has 0 aliphatic rings. The van der Waals surface area contributed by atoms with Gasteiger partial charge in [0.2, 0.25) is 0 Å². The van der Waals surface area contributed by atoms with E-state index >= 15 is 0 Å². The minimum absolute atomic E-state index is 0.692. The molecular formula is C12H15ClN4. The molecule has 0 saturated carbocycles. The number of aryl methyl sites for hydroxylation is 1. The fourth-order valence-electron chi connectivity index (χ4n) is 1.67. The maximum Gasteiger partial charge on any atom is 0.147 e. The third-order valence-electron chi connectivity index (χ3n) is 2.57. The Kier molecular flexibility index (Phi) is 3.98. The summed E-state index contributed by atoms with van der Waals surface area (Å²) in [6.07, 6.45) is 8.37. The van der Waals surface area contributed by atoms with E-state index in [0.29, 0.717) is 5.02 Å². The summed E-state index contributed by atoms with van der Waals surface area (Å²) < 4.78 is 2.06. The fraction of sp³-hybridized carbons (Fsp3) is 0.333. The van der Waals surface area contributed by atoms with E-state index in [2.05, 4.69) is 19.4 Å². The SMILES string of the molecule is CN(CCCn1ccnc1)c1ncccc1Cl. The second-order valence-corrected chi connectivity index (χ2v) is 4.29. The van der Waals surface area contributed by atoms with Gasteiger partial charge in [0, 0.05) is 38.7 Å². The van der Waals surface area contributed by atoms with Crippen LogP contribution in [0.4, 0.5) is 5.82 Å². The van der Waals surface area contributed by atoms with Gasteiger partial charge in [-0.25, -0.2) is 9.97 Å². The van der Waals surface area contributed by atoms with Crippen LogP contribution in [-0.2, 0) is 6.54 Å². The smallest absolute Gasteiger partial charge is 0.147 e. The summed E-state index contributed by atoms with van der Waals surface area (Å²) in [5.74, 6) is 0.833. The summed E-state index contributed by atoms with van der Waals surface area (Å²) in [5, 5.41) is 0.692. The zero-order valence-electron chi connectivity index (χ0n) is 9.75. The van der Waals surface area contributed by atoms with Crippen LogP contribution < -0.4 is 4.90 Å². The van der Waals surface area contributed by atoms with E-state index in [1.807, 2.05) is 31.7 Å². The Balaban J connectivity index is 1.85. The summed E-state index contributed by atoms with van der Waals surface area (Å²) in [4.78, 5) is 10.3. The Bertz CT molecular complexity index is 455. The van der Waals surface area contributed by atoms with Crippen molar-refractivity contribution in [3.05, 3.63) is 42.1 Å². The van der Waals surface area contributed by atoms with Crippen LogP contribution in [0.3, 0.4) is 0 Å². The largest absolute Gasteiger partial charge is 0.358 e. The monoisotopic (exact) mass is 250 g/mol. The summed E-state index contributed by atoms with van der Waals surface area (Å²) >= 11 is 6.08. The summed E-state index contributed by atoms with van der Waals surface area (Å²) in [6.45, 7) is 1.86. The molecule has 4 nitrogen and oxygen atoms in total. The van der Waals surface area contributed by atoms with Gasteiger partial charge in [-0.2, -0.15) is 0 Å². The first-order valence-electron chi connectivity index (χ1n) is 5.55. The molecule has 0 spiro atoms. The number of imidazole rings is 1. The number of nitrogens with zero attached hydrogens (tertiary/aromatic N) is 4. The van der Waals surface area contributed by atoms with Gasteiger partial charge in [0.1, 0.15) is 5.82 Å². The van der Waals surface area contributed by atoms with Gasteiger partial charge in [0.25, 0.3) is 0 Å². The minimum atomic E-state index is 0.692. The van der Waals surface area contributed by atoms with Crippen LogP contribution >= 0.6 is 11.6 Å². The minimum Gasteiger partial charge on any atom is -0.358 e. The quantitative estimate of drug-likeness (QED) is 0.818. The molecule has 0 bridgehead atoms. The number of anilines is 1. The number of halogens is 1. The van der Waals surface area contributed by atoms with E-state index in [4.69, 9.17) is 11.6 Å². The molecule has 0 aromatic carbocycles. The van der Waals surface area contributed by atoms with E-state index in [0.717, 1.165) is 25.3 Å². The van der Waals surface area contributed by atoms with Crippen molar-refractivity contribution in [1.29, 1.82) is 0 Å². The van der Waals surface area contributed by atoms with Gasteiger partial charge in [-0.15, -0.1) is 0 Å². The lowest BCUT2D eigenvalue weighted by Crippen LogP contribution is -2.21. The third kappa shape index (κ3) is 3.20. The highest BCUT2D eigenvalue weighted by atomic mass is 35.5. The first kappa shape index (κ1) is 11.9. The third-order valence-corrected chi connectivity index (χ3v) is 2.86. The highest BCUT2D eigenvalue weighted by Crippen LogP contribution is 2.20. The first-order valence-corrected chi connectivity index (χ1v) is 5.92. The van der Waals surface area contributed by atoms with E-state index in [1.54, 1.807) is 12.4 Å². The molecule has 2 aromatic rings. The molecule has 0 saturated heterocycles. The molecule has 0 aliphatic carbocycles. The number of pyridine rings is 1. The van der Waals surface area contributed by atoms with Crippen LogP contribution in [-0.4, -0.2) is 28.1 Å². The van der Waals surface area contributed by atoms with Crippen molar-refractivity contribution in [3.63, 3.8) is 0 Å². The Morgan fingerprint density at radius 3 is 3.00 bits per heavy atom. The van der Waals surface area contributed by atoms with Gasteiger partial charge in [-0.05, 0) is 18.6 Å². The van der Waals surface area contributed by atoms with Crippen LogP contribution in [0.25, 0.3) is 0 Å². The van der Waals surface area contributed by atoms with Crippen molar-refractivity contribution >= 4 is 17.4 Å². The fourth-order valence-corrected chi connectivity index (χ4v) is 1.94. The van der Waals surface area contributed by atoms with Crippen molar-refractivity contribution in [1.82, 2.24) is 14.5 Å². The zero-order chi connectivity index (χ0) is 12.1. The highest BCUT2D eigenvalue weighted by molar-refractivity contribution is 6.32. The van der Waals surface area contributed by atoms with Crippen molar-refractivity contribution < 1.29 is 0 Å². The van der Waals surface area contributed by atoms with Gasteiger partial charge in [0.05, 0.1) is 11.3 Å². The molecule has 0 N–H and O–H groups in total. The van der Waals surface area contributed by atoms with E-state index < -0.39 is 0 Å². The van der Waals surface area contributed by atoms with Gasteiger partial charge in [-0.3, -0.25) is 0 Å². The molecule has 5 heteroatoms. The second-order valence-electron chi connectivity index (χ2n) is 3.88. The van der Waals surface area contributed by atoms with Gasteiger partial charge < -0.3 is 9.47 Å². The first-order chi connectivity index (χ1) is 8.27. The van der Waals surface area contributed by atoms with Crippen LogP contribution in [0.2, 0.25) is 5.02 Å². The maximum absolute atomic E-state index is 6.08. The molecule has 0 aliphatic heterocycles. The van der Waals surface area contributed by atoms with Crippen molar-refractivity contribution in [3.8, 4) is 0 Å². The van der Waals surface area contributed by atoms with E-state index in [1.165, 1.54) is 0 Å². The molecule has 0 unspecified atom stereocenters. The van der Waals surface area contributed by atoms with Crippen molar-refractivity contribution in [2.24, 2.45) is 0 Å². The number of hydrogen-bond acceptors (Lipinski definition) is 3. The number of aromatic nitrogens is 3. The highest BCUT2D eigenvalue weighted by Gasteiger charge is 2.06. The molecule has 0 atom stereocenters. The number of rotatable bonds is 5. The number of hydrogen-bond donors (Lipinski definition) is 0. The van der Waals surface area contributed by atoms with Gasteiger partial charge in [-0.1, -0.05) is 11.6 Å². The normalized spacial score (nSPS) is 10.5. The predicted molar refractivity (Wildman–Crippen MR) is 69.4 cm³/mol. The Morgan fingerprint density at radius 2 is 2.29 bits per heavy atom. The molecule has 0 amide bonds. The average molecular weight is 251 g/mol. The summed E-state index contributed by atoms with van der Waals surface area (Å²) in [5.41, 5.74) is 0. The van der Waals surface area contributed by atoms with Crippen molar-refractivity contribution in [2.45, 2.75) is 13.0 Å². The maximum atomic E-state index is 6.08. The Hall–Kier alpha value is -1.55. The molecule has 90 valence electrons. The van der Waals surface area contributed by atoms with Crippen molar-refractivity contribution in [2.75, 3.05) is 18.5 Å². The van der Waals surface area contributed by atoms with Crippen LogP contribution in [0.5, 0.6) is 0 Å². The lowest BCUT2D eigenvalue weighted by Gasteiger charge is -2.19. The molecule has 2 aromatic heterocycles. The van der Waals surface area contributed by atoms with E-state index in [9.17, 15) is 0 Å². The topological polar surface area (TPSA) is 34.0 Å².